The highest BCUT2D eigenvalue weighted by Crippen LogP contribution is 2.14. The van der Waals surface area contributed by atoms with Gasteiger partial charge in [0.1, 0.15) is 24.2 Å². The molecule has 2 rings (SSSR count). The van der Waals surface area contributed by atoms with Crippen LogP contribution in [-0.4, -0.2) is 27.2 Å². The van der Waals surface area contributed by atoms with Crippen molar-refractivity contribution < 1.29 is 14.1 Å². The fourth-order valence-electron chi connectivity index (χ4n) is 1.90. The van der Waals surface area contributed by atoms with Crippen molar-refractivity contribution in [1.82, 2.24) is 14.7 Å². The number of nitrogens with one attached hydrogen (secondary N) is 1. The van der Waals surface area contributed by atoms with Gasteiger partial charge in [0.15, 0.2) is 5.82 Å². The van der Waals surface area contributed by atoms with Crippen molar-refractivity contribution in [2.24, 2.45) is 0 Å². The zero-order chi connectivity index (χ0) is 14.5. The normalized spacial score (nSPS) is 12.3. The second kappa shape index (κ2) is 6.33. The van der Waals surface area contributed by atoms with E-state index in [1.807, 2.05) is 13.8 Å². The van der Waals surface area contributed by atoms with Crippen molar-refractivity contribution >= 4 is 11.7 Å². The quantitative estimate of drug-likeness (QED) is 0.872. The van der Waals surface area contributed by atoms with E-state index in [9.17, 15) is 4.79 Å². The Morgan fingerprint density at radius 2 is 2.40 bits per heavy atom. The van der Waals surface area contributed by atoms with E-state index < -0.39 is 0 Å². The number of aromatic nitrogens is 3. The van der Waals surface area contributed by atoms with Crippen molar-refractivity contribution in [2.75, 3.05) is 11.9 Å². The van der Waals surface area contributed by atoms with E-state index in [1.165, 1.54) is 0 Å². The molecule has 0 aromatic carbocycles. The first kappa shape index (κ1) is 14.3. The average molecular weight is 278 g/mol. The molecule has 0 bridgehead atoms. The van der Waals surface area contributed by atoms with E-state index in [0.717, 1.165) is 5.82 Å². The molecule has 0 spiro atoms. The molecule has 20 heavy (non-hydrogen) atoms. The van der Waals surface area contributed by atoms with Crippen LogP contribution in [0.5, 0.6) is 0 Å². The molecule has 1 amide bonds. The minimum Gasteiger partial charge on any atom is -0.371 e. The molecule has 0 saturated carbocycles. The summed E-state index contributed by atoms with van der Waals surface area (Å²) in [6.45, 7) is 6.34. The van der Waals surface area contributed by atoms with Gasteiger partial charge in [-0.1, -0.05) is 5.16 Å². The van der Waals surface area contributed by atoms with Crippen LogP contribution >= 0.6 is 0 Å². The van der Waals surface area contributed by atoms with Crippen LogP contribution in [0.3, 0.4) is 0 Å². The van der Waals surface area contributed by atoms with Crippen LogP contribution in [0, 0.1) is 6.92 Å². The largest absolute Gasteiger partial charge is 0.371 e. The topological polar surface area (TPSA) is 82.2 Å². The Balaban J connectivity index is 1.99. The number of ether oxygens (including phenoxy) is 1. The first-order chi connectivity index (χ1) is 9.60. The Labute approximate surface area is 116 Å². The molecule has 0 aliphatic carbocycles. The fraction of sp³-hybridized carbons (Fsp3) is 0.462. The second-order valence-corrected chi connectivity index (χ2v) is 4.38. The third-order valence-corrected chi connectivity index (χ3v) is 2.74. The minimum absolute atomic E-state index is 0.151. The highest BCUT2D eigenvalue weighted by molar-refractivity contribution is 5.89. The van der Waals surface area contributed by atoms with Crippen LogP contribution in [-0.2, 0) is 16.1 Å². The highest BCUT2D eigenvalue weighted by atomic mass is 16.5. The molecule has 0 saturated heterocycles. The predicted molar refractivity (Wildman–Crippen MR) is 72.1 cm³/mol. The molecule has 1 atom stereocenters. The monoisotopic (exact) mass is 278 g/mol. The van der Waals surface area contributed by atoms with Crippen LogP contribution in [0.2, 0.25) is 0 Å². The van der Waals surface area contributed by atoms with E-state index in [2.05, 4.69) is 15.5 Å². The van der Waals surface area contributed by atoms with Gasteiger partial charge in [-0.25, -0.2) is 4.98 Å². The third kappa shape index (κ3) is 3.45. The molecule has 2 aromatic heterocycles. The Morgan fingerprint density at radius 3 is 3.05 bits per heavy atom. The van der Waals surface area contributed by atoms with Crippen LogP contribution in [0.25, 0.3) is 0 Å². The minimum atomic E-state index is -0.193. The van der Waals surface area contributed by atoms with E-state index in [4.69, 9.17) is 9.26 Å². The van der Waals surface area contributed by atoms with Crippen LogP contribution in [0.1, 0.15) is 31.5 Å². The second-order valence-electron chi connectivity index (χ2n) is 4.38. The molecule has 2 aromatic rings. The summed E-state index contributed by atoms with van der Waals surface area (Å²) in [5.41, 5.74) is 0. The molecule has 0 aliphatic heterocycles. The molecule has 108 valence electrons. The number of carbonyl (C=O) groups is 1. The Hall–Kier alpha value is -2.15. The summed E-state index contributed by atoms with van der Waals surface area (Å²) in [6.07, 6.45) is 3.24. The van der Waals surface area contributed by atoms with E-state index >= 15 is 0 Å². The van der Waals surface area contributed by atoms with Crippen molar-refractivity contribution in [2.45, 2.75) is 33.4 Å². The maximum absolute atomic E-state index is 11.9. The van der Waals surface area contributed by atoms with Gasteiger partial charge in [0.2, 0.25) is 5.91 Å². The van der Waals surface area contributed by atoms with Crippen LogP contribution in [0.15, 0.2) is 23.0 Å². The lowest BCUT2D eigenvalue weighted by Crippen LogP contribution is -2.21. The number of anilines is 1. The Kier molecular flexibility index (Phi) is 4.52. The molecule has 0 radical (unpaired) electrons. The maximum atomic E-state index is 11.9. The first-order valence-corrected chi connectivity index (χ1v) is 6.46. The zero-order valence-electron chi connectivity index (χ0n) is 11.8. The van der Waals surface area contributed by atoms with Crippen molar-refractivity contribution in [3.63, 3.8) is 0 Å². The smallest absolute Gasteiger partial charge is 0.245 e. The van der Waals surface area contributed by atoms with Gasteiger partial charge in [-0.2, -0.15) is 0 Å². The summed E-state index contributed by atoms with van der Waals surface area (Å²) in [5, 5.41) is 6.38. The number of hydrogen-bond donors (Lipinski definition) is 1. The van der Waals surface area contributed by atoms with Gasteiger partial charge >= 0.3 is 0 Å². The average Bonchev–Trinajstić information content (AvgIpc) is 2.99. The molecular formula is C13H18N4O3. The summed E-state index contributed by atoms with van der Waals surface area (Å²) in [4.78, 5) is 16.2. The van der Waals surface area contributed by atoms with Gasteiger partial charge in [-0.05, 0) is 20.8 Å². The van der Waals surface area contributed by atoms with Crippen LogP contribution in [0.4, 0.5) is 5.82 Å². The third-order valence-electron chi connectivity index (χ3n) is 2.74. The van der Waals surface area contributed by atoms with Gasteiger partial charge in [-0.15, -0.1) is 0 Å². The lowest BCUT2D eigenvalue weighted by molar-refractivity contribution is -0.116. The predicted octanol–water partition coefficient (Wildman–Crippen LogP) is 1.92. The fourth-order valence-corrected chi connectivity index (χ4v) is 1.90. The number of rotatable bonds is 6. The molecule has 7 nitrogen and oxygen atoms in total. The van der Waals surface area contributed by atoms with Gasteiger partial charge in [0, 0.05) is 25.1 Å². The lowest BCUT2D eigenvalue weighted by Gasteiger charge is -2.13. The SMILES string of the molecule is CCO[C@@H](C)c1nccn1CC(=O)Nc1cc(C)on1. The van der Waals surface area contributed by atoms with E-state index in [0.29, 0.717) is 18.2 Å². The van der Waals surface area contributed by atoms with Gasteiger partial charge in [0.05, 0.1) is 0 Å². The molecule has 0 aliphatic rings. The van der Waals surface area contributed by atoms with E-state index in [1.54, 1.807) is 30.0 Å². The number of aryl methyl sites for hydroxylation is 1. The lowest BCUT2D eigenvalue weighted by atomic mass is 10.3. The summed E-state index contributed by atoms with van der Waals surface area (Å²) in [5.74, 6) is 1.58. The Morgan fingerprint density at radius 1 is 1.60 bits per heavy atom. The molecule has 1 N–H and O–H groups in total. The van der Waals surface area contributed by atoms with Crippen LogP contribution < -0.4 is 5.32 Å². The summed E-state index contributed by atoms with van der Waals surface area (Å²) >= 11 is 0. The van der Waals surface area contributed by atoms with Gasteiger partial charge in [0.25, 0.3) is 0 Å². The number of imidazole rings is 1. The standard InChI is InChI=1S/C13H18N4O3/c1-4-19-10(3)13-14-5-6-17(13)8-12(18)15-11-7-9(2)20-16-11/h5-7,10H,4,8H2,1-3H3,(H,15,16,18)/t10-/m0/s1. The molecule has 0 unspecified atom stereocenters. The maximum Gasteiger partial charge on any atom is 0.245 e. The van der Waals surface area contributed by atoms with Crippen molar-refractivity contribution in [3.05, 3.63) is 30.0 Å². The number of amides is 1. The summed E-state index contributed by atoms with van der Waals surface area (Å²) < 4.78 is 12.1. The van der Waals surface area contributed by atoms with E-state index in [-0.39, 0.29) is 18.6 Å². The van der Waals surface area contributed by atoms with Crippen molar-refractivity contribution in [3.8, 4) is 0 Å². The Bertz CT molecular complexity index is 576. The first-order valence-electron chi connectivity index (χ1n) is 6.46. The van der Waals surface area contributed by atoms with Crippen molar-refractivity contribution in [1.29, 1.82) is 0 Å². The van der Waals surface area contributed by atoms with Gasteiger partial charge in [-0.3, -0.25) is 4.79 Å². The molecule has 0 fully saturated rings. The number of nitrogens with zero attached hydrogens (tertiary/aromatic N) is 3. The summed E-state index contributed by atoms with van der Waals surface area (Å²) in [7, 11) is 0. The van der Waals surface area contributed by atoms with Gasteiger partial charge < -0.3 is 19.1 Å². The highest BCUT2D eigenvalue weighted by Gasteiger charge is 2.14. The molecule has 2 heterocycles. The molecule has 7 heteroatoms. The number of hydrogen-bond acceptors (Lipinski definition) is 5. The number of carbonyl (C=O) groups excluding carboxylic acids is 1. The zero-order valence-corrected chi connectivity index (χ0v) is 11.8. The summed E-state index contributed by atoms with van der Waals surface area (Å²) in [6, 6.07) is 1.66. The molecular weight excluding hydrogens is 260 g/mol.